The molecule has 4 nitrogen and oxygen atoms in total. The second kappa shape index (κ2) is 7.33. The molecule has 4 bridgehead atoms. The lowest BCUT2D eigenvalue weighted by molar-refractivity contribution is -0.00765. The second-order valence-electron chi connectivity index (χ2n) is 10.6. The standard InChI is InChI=1S/C28H31N3O/c1-18-7-6-10-25(19(18)2)29-27(32)24-17-31(23-8-4-3-5-9-23)30-26(24)28-14-20-11-21(15-28)13-22(12-20)16-28/h3-10,17,20-22H,11-16H2,1-2H3,(H,29,32). The van der Waals surface area contributed by atoms with Gasteiger partial charge in [0.25, 0.3) is 5.91 Å². The van der Waals surface area contributed by atoms with E-state index in [2.05, 4.69) is 37.4 Å². The van der Waals surface area contributed by atoms with Crippen molar-refractivity contribution in [3.05, 3.63) is 77.1 Å². The van der Waals surface area contributed by atoms with Gasteiger partial charge in [0, 0.05) is 17.3 Å². The number of nitrogens with one attached hydrogen (secondary N) is 1. The Hall–Kier alpha value is -2.88. The van der Waals surface area contributed by atoms with E-state index in [4.69, 9.17) is 5.10 Å². The zero-order chi connectivity index (χ0) is 21.9. The van der Waals surface area contributed by atoms with E-state index in [0.29, 0.717) is 0 Å². The summed E-state index contributed by atoms with van der Waals surface area (Å²) < 4.78 is 1.92. The molecule has 1 aromatic heterocycles. The molecule has 1 amide bonds. The van der Waals surface area contributed by atoms with Gasteiger partial charge in [0.05, 0.1) is 16.9 Å². The minimum absolute atomic E-state index is 0.0355. The topological polar surface area (TPSA) is 46.9 Å². The molecule has 4 saturated carbocycles. The van der Waals surface area contributed by atoms with Crippen LogP contribution in [0, 0.1) is 31.6 Å². The van der Waals surface area contributed by atoms with Gasteiger partial charge in [-0.05, 0) is 99.5 Å². The monoisotopic (exact) mass is 425 g/mol. The molecule has 3 aromatic rings. The van der Waals surface area contributed by atoms with Crippen molar-refractivity contribution < 1.29 is 4.79 Å². The molecule has 0 atom stereocenters. The number of nitrogens with zero attached hydrogens (tertiary/aromatic N) is 2. The predicted octanol–water partition coefficient (Wildman–Crippen LogP) is 6.21. The van der Waals surface area contributed by atoms with Crippen LogP contribution in [-0.4, -0.2) is 15.7 Å². The number of benzene rings is 2. The normalized spacial score (nSPS) is 28.1. The molecule has 164 valence electrons. The summed E-state index contributed by atoms with van der Waals surface area (Å²) >= 11 is 0. The first-order valence-corrected chi connectivity index (χ1v) is 12.0. The molecule has 4 heteroatoms. The van der Waals surface area contributed by atoms with Crippen LogP contribution in [0.4, 0.5) is 5.69 Å². The van der Waals surface area contributed by atoms with Crippen molar-refractivity contribution in [2.45, 2.75) is 57.8 Å². The number of anilines is 1. The molecule has 4 fully saturated rings. The maximum Gasteiger partial charge on any atom is 0.259 e. The van der Waals surface area contributed by atoms with Crippen LogP contribution in [-0.2, 0) is 5.41 Å². The van der Waals surface area contributed by atoms with Crippen LogP contribution in [0.15, 0.2) is 54.7 Å². The first-order chi connectivity index (χ1) is 15.5. The van der Waals surface area contributed by atoms with Gasteiger partial charge in [-0.2, -0.15) is 5.10 Å². The fourth-order valence-corrected chi connectivity index (χ4v) is 7.12. The molecule has 0 spiro atoms. The minimum atomic E-state index is -0.0355. The number of carbonyl (C=O) groups excluding carboxylic acids is 1. The number of hydrogen-bond donors (Lipinski definition) is 1. The summed E-state index contributed by atoms with van der Waals surface area (Å²) in [5, 5.41) is 8.34. The summed E-state index contributed by atoms with van der Waals surface area (Å²) in [7, 11) is 0. The third-order valence-electron chi connectivity index (χ3n) is 8.37. The Labute approximate surface area is 190 Å². The van der Waals surface area contributed by atoms with Crippen LogP contribution < -0.4 is 5.32 Å². The molecule has 0 aliphatic heterocycles. The van der Waals surface area contributed by atoms with Crippen molar-refractivity contribution in [3.8, 4) is 5.69 Å². The lowest BCUT2D eigenvalue weighted by atomic mass is 9.48. The number of para-hydroxylation sites is 1. The molecule has 0 radical (unpaired) electrons. The Bertz CT molecular complexity index is 1140. The maximum atomic E-state index is 13.7. The number of rotatable bonds is 4. The van der Waals surface area contributed by atoms with Gasteiger partial charge in [-0.15, -0.1) is 0 Å². The Morgan fingerprint density at radius 2 is 1.59 bits per heavy atom. The number of hydrogen-bond acceptors (Lipinski definition) is 2. The maximum absolute atomic E-state index is 13.7. The van der Waals surface area contributed by atoms with Gasteiger partial charge in [-0.1, -0.05) is 30.3 Å². The van der Waals surface area contributed by atoms with E-state index in [9.17, 15) is 4.79 Å². The molecule has 32 heavy (non-hydrogen) atoms. The van der Waals surface area contributed by atoms with Crippen molar-refractivity contribution in [1.29, 1.82) is 0 Å². The van der Waals surface area contributed by atoms with E-state index < -0.39 is 0 Å². The van der Waals surface area contributed by atoms with Crippen molar-refractivity contribution in [3.63, 3.8) is 0 Å². The highest BCUT2D eigenvalue weighted by Crippen LogP contribution is 2.60. The largest absolute Gasteiger partial charge is 0.322 e. The third kappa shape index (κ3) is 3.19. The molecule has 2 aromatic carbocycles. The Balaban J connectivity index is 1.43. The second-order valence-corrected chi connectivity index (χ2v) is 10.6. The van der Waals surface area contributed by atoms with Gasteiger partial charge in [0.1, 0.15) is 0 Å². The zero-order valence-electron chi connectivity index (χ0n) is 19.0. The molecule has 7 rings (SSSR count). The van der Waals surface area contributed by atoms with Gasteiger partial charge in [-0.3, -0.25) is 4.79 Å². The van der Waals surface area contributed by atoms with E-state index in [-0.39, 0.29) is 11.3 Å². The highest BCUT2D eigenvalue weighted by atomic mass is 16.1. The molecule has 0 unspecified atom stereocenters. The van der Waals surface area contributed by atoms with E-state index in [1.807, 2.05) is 41.2 Å². The van der Waals surface area contributed by atoms with Crippen LogP contribution in [0.3, 0.4) is 0 Å². The smallest absolute Gasteiger partial charge is 0.259 e. The van der Waals surface area contributed by atoms with E-state index in [1.165, 1.54) is 44.1 Å². The Kier molecular flexibility index (Phi) is 4.53. The molecular formula is C28H31N3O. The van der Waals surface area contributed by atoms with Gasteiger partial charge >= 0.3 is 0 Å². The van der Waals surface area contributed by atoms with Crippen molar-refractivity contribution >= 4 is 11.6 Å². The average molecular weight is 426 g/mol. The summed E-state index contributed by atoms with van der Waals surface area (Å²) in [6.45, 7) is 4.15. The van der Waals surface area contributed by atoms with Crippen LogP contribution in [0.5, 0.6) is 0 Å². The van der Waals surface area contributed by atoms with Crippen molar-refractivity contribution in [2.75, 3.05) is 5.32 Å². The van der Waals surface area contributed by atoms with Crippen LogP contribution in [0.1, 0.15) is 65.7 Å². The summed E-state index contributed by atoms with van der Waals surface area (Å²) in [5.74, 6) is 2.38. The molecule has 0 saturated heterocycles. The Morgan fingerprint density at radius 1 is 0.938 bits per heavy atom. The summed E-state index contributed by atoms with van der Waals surface area (Å²) in [4.78, 5) is 13.7. The van der Waals surface area contributed by atoms with E-state index in [0.717, 1.165) is 45.9 Å². The fourth-order valence-electron chi connectivity index (χ4n) is 7.12. The number of carbonyl (C=O) groups is 1. The van der Waals surface area contributed by atoms with E-state index >= 15 is 0 Å². The molecule has 4 aliphatic carbocycles. The average Bonchev–Trinajstić information content (AvgIpc) is 3.23. The number of aromatic nitrogens is 2. The molecule has 4 aliphatic rings. The summed E-state index contributed by atoms with van der Waals surface area (Å²) in [5.41, 5.74) is 6.03. The Morgan fingerprint density at radius 3 is 2.25 bits per heavy atom. The first-order valence-electron chi connectivity index (χ1n) is 12.0. The van der Waals surface area contributed by atoms with Gasteiger partial charge in [-0.25, -0.2) is 4.68 Å². The third-order valence-corrected chi connectivity index (χ3v) is 8.37. The lowest BCUT2D eigenvalue weighted by Crippen LogP contribution is -2.49. The fraction of sp³-hybridized carbons (Fsp3) is 0.429. The van der Waals surface area contributed by atoms with Crippen molar-refractivity contribution in [1.82, 2.24) is 9.78 Å². The quantitative estimate of drug-likeness (QED) is 0.540. The van der Waals surface area contributed by atoms with Crippen LogP contribution in [0.25, 0.3) is 5.69 Å². The lowest BCUT2D eigenvalue weighted by Gasteiger charge is -2.56. The van der Waals surface area contributed by atoms with Gasteiger partial charge in [0.15, 0.2) is 0 Å². The minimum Gasteiger partial charge on any atom is -0.322 e. The summed E-state index contributed by atoms with van der Waals surface area (Å²) in [6.07, 6.45) is 9.66. The molecule has 1 heterocycles. The van der Waals surface area contributed by atoms with Gasteiger partial charge in [0.2, 0.25) is 0 Å². The van der Waals surface area contributed by atoms with E-state index in [1.54, 1.807) is 0 Å². The predicted molar refractivity (Wildman–Crippen MR) is 127 cm³/mol. The highest BCUT2D eigenvalue weighted by molar-refractivity contribution is 6.05. The zero-order valence-corrected chi connectivity index (χ0v) is 19.0. The SMILES string of the molecule is Cc1cccc(NC(=O)c2cn(-c3ccccc3)nc2C23CC4CC(CC(C4)C2)C3)c1C. The van der Waals surface area contributed by atoms with Crippen LogP contribution >= 0.6 is 0 Å². The first kappa shape index (κ1) is 19.8. The summed E-state index contributed by atoms with van der Waals surface area (Å²) in [6, 6.07) is 16.3. The molecule has 1 N–H and O–H groups in total. The molecular weight excluding hydrogens is 394 g/mol. The van der Waals surface area contributed by atoms with Gasteiger partial charge < -0.3 is 5.32 Å². The number of amides is 1. The van der Waals surface area contributed by atoms with Crippen molar-refractivity contribution in [2.24, 2.45) is 17.8 Å². The highest BCUT2D eigenvalue weighted by Gasteiger charge is 2.53. The van der Waals surface area contributed by atoms with Crippen LogP contribution in [0.2, 0.25) is 0 Å². The number of aryl methyl sites for hydroxylation is 1.